The minimum atomic E-state index is -1.25. The molecule has 6 nitrogen and oxygen atoms in total. The minimum Gasteiger partial charge on any atom is -0.383 e. The van der Waals surface area contributed by atoms with Crippen molar-refractivity contribution in [2.75, 3.05) is 5.32 Å². The van der Waals surface area contributed by atoms with Crippen LogP contribution in [0.4, 0.5) is 11.4 Å². The molecule has 2 N–H and O–H groups in total. The van der Waals surface area contributed by atoms with Gasteiger partial charge in [0, 0.05) is 17.8 Å². The molecule has 2 aromatic carbocycles. The first kappa shape index (κ1) is 15.7. The van der Waals surface area contributed by atoms with Crippen LogP contribution in [0.1, 0.15) is 18.5 Å². The molecule has 2 rings (SSSR count). The predicted molar refractivity (Wildman–Crippen MR) is 82.6 cm³/mol. The van der Waals surface area contributed by atoms with Gasteiger partial charge in [-0.3, -0.25) is 14.9 Å². The van der Waals surface area contributed by atoms with Crippen LogP contribution in [0.25, 0.3) is 0 Å². The van der Waals surface area contributed by atoms with Crippen LogP contribution in [0.5, 0.6) is 0 Å². The summed E-state index contributed by atoms with van der Waals surface area (Å²) in [4.78, 5) is 21.7. The number of Topliss-reactive ketones (excluding diaryl/α,β-unsaturated/α-hetero) is 1. The van der Waals surface area contributed by atoms with Crippen molar-refractivity contribution in [2.24, 2.45) is 0 Å². The largest absolute Gasteiger partial charge is 0.383 e. The van der Waals surface area contributed by atoms with Gasteiger partial charge in [-0.2, -0.15) is 0 Å². The Morgan fingerprint density at radius 2 is 1.73 bits per heavy atom. The number of aliphatic hydroxyl groups is 1. The smallest absolute Gasteiger partial charge is 0.269 e. The molecule has 0 aromatic heterocycles. The molecule has 0 saturated carbocycles. The Morgan fingerprint density at radius 1 is 1.14 bits per heavy atom. The van der Waals surface area contributed by atoms with E-state index >= 15 is 0 Å². The number of ketones is 1. The number of rotatable bonds is 6. The van der Waals surface area contributed by atoms with Crippen molar-refractivity contribution >= 4 is 17.2 Å². The van der Waals surface area contributed by atoms with Gasteiger partial charge >= 0.3 is 0 Å². The normalized spacial score (nSPS) is 13.2. The second-order valence-corrected chi connectivity index (χ2v) is 4.89. The van der Waals surface area contributed by atoms with E-state index < -0.39 is 17.1 Å². The molecule has 0 bridgehead atoms. The molecular weight excluding hydrogens is 284 g/mol. The van der Waals surface area contributed by atoms with E-state index in [-0.39, 0.29) is 11.5 Å². The number of anilines is 1. The number of benzene rings is 2. The van der Waals surface area contributed by atoms with Gasteiger partial charge in [0.25, 0.3) is 5.69 Å². The van der Waals surface area contributed by atoms with Crippen LogP contribution in [0.2, 0.25) is 0 Å². The molecule has 0 aliphatic heterocycles. The van der Waals surface area contributed by atoms with Crippen molar-refractivity contribution in [2.45, 2.75) is 19.1 Å². The summed E-state index contributed by atoms with van der Waals surface area (Å²) < 4.78 is 0. The van der Waals surface area contributed by atoms with Gasteiger partial charge in [0.15, 0.2) is 5.78 Å². The maximum atomic E-state index is 11.5. The summed E-state index contributed by atoms with van der Waals surface area (Å²) in [7, 11) is 0. The highest BCUT2D eigenvalue weighted by Gasteiger charge is 2.25. The van der Waals surface area contributed by atoms with Gasteiger partial charge in [-0.25, -0.2) is 0 Å². The highest BCUT2D eigenvalue weighted by molar-refractivity contribution is 5.81. The second kappa shape index (κ2) is 6.82. The van der Waals surface area contributed by atoms with Crippen molar-refractivity contribution in [3.63, 3.8) is 0 Å². The number of nitrogens with one attached hydrogen (secondary N) is 1. The lowest BCUT2D eigenvalue weighted by Gasteiger charge is -2.24. The van der Waals surface area contributed by atoms with E-state index in [0.29, 0.717) is 5.56 Å². The van der Waals surface area contributed by atoms with Crippen LogP contribution >= 0.6 is 0 Å². The summed E-state index contributed by atoms with van der Waals surface area (Å²) >= 11 is 0. The van der Waals surface area contributed by atoms with Gasteiger partial charge < -0.3 is 10.4 Å². The second-order valence-electron chi connectivity index (χ2n) is 4.89. The highest BCUT2D eigenvalue weighted by atomic mass is 16.6. The Hall–Kier alpha value is -2.73. The first-order chi connectivity index (χ1) is 10.5. The third kappa shape index (κ3) is 3.67. The standard InChI is InChI=1S/C16H16N2O4/c1-11(19)16(20)15(17-13-5-3-2-4-6-13)12-7-9-14(10-8-12)18(21)22/h2-10,15-17,20H,1H3/t15-,16-/m1/s1. The fourth-order valence-electron chi connectivity index (χ4n) is 2.10. The van der Waals surface area contributed by atoms with E-state index in [1.54, 1.807) is 0 Å². The summed E-state index contributed by atoms with van der Waals surface area (Å²) in [6.45, 7) is 1.30. The van der Waals surface area contributed by atoms with E-state index in [1.165, 1.54) is 31.2 Å². The van der Waals surface area contributed by atoms with Crippen molar-refractivity contribution < 1.29 is 14.8 Å². The molecule has 0 saturated heterocycles. The van der Waals surface area contributed by atoms with Gasteiger partial charge in [0.2, 0.25) is 0 Å². The molecule has 22 heavy (non-hydrogen) atoms. The average molecular weight is 300 g/mol. The van der Waals surface area contributed by atoms with Gasteiger partial charge in [-0.05, 0) is 24.6 Å². The van der Waals surface area contributed by atoms with Crippen LogP contribution < -0.4 is 5.32 Å². The number of hydrogen-bond donors (Lipinski definition) is 2. The first-order valence-corrected chi connectivity index (χ1v) is 6.73. The maximum absolute atomic E-state index is 11.5. The van der Waals surface area contributed by atoms with E-state index in [1.807, 2.05) is 30.3 Å². The lowest BCUT2D eigenvalue weighted by Crippen LogP contribution is -2.31. The molecule has 0 aliphatic carbocycles. The Labute approximate surface area is 127 Å². The summed E-state index contributed by atoms with van der Waals surface area (Å²) in [6, 6.07) is 14.2. The summed E-state index contributed by atoms with van der Waals surface area (Å²) in [5.41, 5.74) is 1.29. The summed E-state index contributed by atoms with van der Waals surface area (Å²) in [6.07, 6.45) is -1.25. The highest BCUT2D eigenvalue weighted by Crippen LogP contribution is 2.25. The van der Waals surface area contributed by atoms with Crippen LogP contribution in [0, 0.1) is 10.1 Å². The lowest BCUT2D eigenvalue weighted by atomic mass is 9.98. The van der Waals surface area contributed by atoms with E-state index in [2.05, 4.69) is 5.32 Å². The third-order valence-corrected chi connectivity index (χ3v) is 3.29. The molecule has 2 aromatic rings. The van der Waals surface area contributed by atoms with Crippen molar-refractivity contribution in [1.29, 1.82) is 0 Å². The number of nitrogens with zero attached hydrogens (tertiary/aromatic N) is 1. The lowest BCUT2D eigenvalue weighted by molar-refractivity contribution is -0.384. The maximum Gasteiger partial charge on any atom is 0.269 e. The zero-order valence-corrected chi connectivity index (χ0v) is 12.0. The van der Waals surface area contributed by atoms with Crippen LogP contribution in [0.15, 0.2) is 54.6 Å². The van der Waals surface area contributed by atoms with Gasteiger partial charge in [0.05, 0.1) is 11.0 Å². The number of carbonyl (C=O) groups is 1. The zero-order chi connectivity index (χ0) is 16.1. The SMILES string of the molecule is CC(=O)[C@@H](O)[C@H](Nc1ccccc1)c1ccc([N+](=O)[O-])cc1. The Kier molecular flexibility index (Phi) is 4.85. The molecule has 0 amide bonds. The van der Waals surface area contributed by atoms with Gasteiger partial charge in [0.1, 0.15) is 6.10 Å². The Balaban J connectivity index is 2.31. The summed E-state index contributed by atoms with van der Waals surface area (Å²) in [5, 5.41) is 23.9. The van der Waals surface area contributed by atoms with E-state index in [9.17, 15) is 20.0 Å². The predicted octanol–water partition coefficient (Wildman–Crippen LogP) is 2.70. The quantitative estimate of drug-likeness (QED) is 0.632. The number of nitro benzene ring substituents is 1. The zero-order valence-electron chi connectivity index (χ0n) is 12.0. The number of non-ortho nitro benzene ring substituents is 1. The molecule has 0 fully saturated rings. The first-order valence-electron chi connectivity index (χ1n) is 6.73. The molecule has 2 atom stereocenters. The molecular formula is C16H16N2O4. The molecule has 114 valence electrons. The molecule has 0 heterocycles. The van der Waals surface area contributed by atoms with Crippen LogP contribution in [-0.2, 0) is 4.79 Å². The van der Waals surface area contributed by atoms with Crippen molar-refractivity contribution in [3.8, 4) is 0 Å². The third-order valence-electron chi connectivity index (χ3n) is 3.29. The number of hydrogen-bond acceptors (Lipinski definition) is 5. The monoisotopic (exact) mass is 300 g/mol. The van der Waals surface area contributed by atoms with E-state index in [0.717, 1.165) is 5.69 Å². The number of nitro groups is 1. The molecule has 0 aliphatic rings. The average Bonchev–Trinajstić information content (AvgIpc) is 2.53. The molecule has 6 heteroatoms. The van der Waals surface area contributed by atoms with Crippen LogP contribution in [0.3, 0.4) is 0 Å². The van der Waals surface area contributed by atoms with Gasteiger partial charge in [-0.15, -0.1) is 0 Å². The molecule has 0 radical (unpaired) electrons. The summed E-state index contributed by atoms with van der Waals surface area (Å²) in [5.74, 6) is -0.383. The molecule has 0 spiro atoms. The Morgan fingerprint density at radius 3 is 2.23 bits per heavy atom. The Bertz CT molecular complexity index is 656. The number of carbonyl (C=O) groups excluding carboxylic acids is 1. The number of para-hydroxylation sites is 1. The van der Waals surface area contributed by atoms with Crippen molar-refractivity contribution in [3.05, 3.63) is 70.3 Å². The molecule has 0 unspecified atom stereocenters. The van der Waals surface area contributed by atoms with Gasteiger partial charge in [-0.1, -0.05) is 30.3 Å². The van der Waals surface area contributed by atoms with Crippen LogP contribution in [-0.4, -0.2) is 21.9 Å². The van der Waals surface area contributed by atoms with E-state index in [4.69, 9.17) is 0 Å². The number of aliphatic hydroxyl groups excluding tert-OH is 1. The fourth-order valence-corrected chi connectivity index (χ4v) is 2.10. The fraction of sp³-hybridized carbons (Fsp3) is 0.188. The van der Waals surface area contributed by atoms with Crippen molar-refractivity contribution in [1.82, 2.24) is 0 Å². The topological polar surface area (TPSA) is 92.5 Å². The minimum absolute atomic E-state index is 0.0421.